The molecule has 0 fully saturated rings. The van der Waals surface area contributed by atoms with E-state index in [0.717, 1.165) is 28.1 Å². The van der Waals surface area contributed by atoms with Gasteiger partial charge >= 0.3 is 0 Å². The zero-order valence-electron chi connectivity index (χ0n) is 21.4. The Morgan fingerprint density at radius 1 is 1.08 bits per heavy atom. The Morgan fingerprint density at radius 3 is 2.46 bits per heavy atom. The fourth-order valence-corrected chi connectivity index (χ4v) is 4.45. The number of rotatable bonds is 8. The van der Waals surface area contributed by atoms with E-state index in [2.05, 4.69) is 20.9 Å². The summed E-state index contributed by atoms with van der Waals surface area (Å²) in [6.07, 6.45) is 4.32. The van der Waals surface area contributed by atoms with Crippen LogP contribution in [0.4, 0.5) is 17.1 Å². The van der Waals surface area contributed by atoms with Crippen molar-refractivity contribution >= 4 is 40.1 Å². The van der Waals surface area contributed by atoms with Crippen LogP contribution in [0, 0.1) is 10.1 Å². The summed E-state index contributed by atoms with van der Waals surface area (Å²) in [5.41, 5.74) is 5.97. The number of carbonyl (C=O) groups is 2. The first-order chi connectivity index (χ1) is 18.8. The van der Waals surface area contributed by atoms with Gasteiger partial charge in [0.15, 0.2) is 0 Å². The quantitative estimate of drug-likeness (QED) is 0.176. The average molecular weight is 523 g/mol. The minimum atomic E-state index is -0.478. The van der Waals surface area contributed by atoms with Gasteiger partial charge in [0.2, 0.25) is 5.91 Å². The second-order valence-corrected chi connectivity index (χ2v) is 9.25. The molecule has 2 amide bonds. The largest absolute Gasteiger partial charge is 0.356 e. The third kappa shape index (κ3) is 5.54. The Labute approximate surface area is 224 Å². The molecule has 3 aromatic carbocycles. The maximum Gasteiger partial charge on any atom is 0.270 e. The molecule has 1 aliphatic heterocycles. The van der Waals surface area contributed by atoms with Crippen molar-refractivity contribution < 1.29 is 14.5 Å². The summed E-state index contributed by atoms with van der Waals surface area (Å²) in [6, 6.07) is 19.6. The van der Waals surface area contributed by atoms with E-state index >= 15 is 0 Å². The SMILES string of the molecule is CC(=O)NCCc1ccc(C(Nc2ccc(-c3cn(C)cn3)cc2)=C2C(=O)Nc3ccc([N+](=O)[O-])cc32)cc1. The van der Waals surface area contributed by atoms with Crippen molar-refractivity contribution in [2.45, 2.75) is 13.3 Å². The second kappa shape index (κ2) is 10.6. The molecule has 10 nitrogen and oxygen atoms in total. The molecule has 0 aliphatic carbocycles. The van der Waals surface area contributed by atoms with Crippen LogP contribution < -0.4 is 16.0 Å². The van der Waals surface area contributed by atoms with Crippen LogP contribution in [0.5, 0.6) is 0 Å². The Hall–Kier alpha value is -5.25. The smallest absolute Gasteiger partial charge is 0.270 e. The van der Waals surface area contributed by atoms with Gasteiger partial charge in [-0.05, 0) is 35.7 Å². The molecule has 0 spiro atoms. The van der Waals surface area contributed by atoms with Crippen molar-refractivity contribution in [1.29, 1.82) is 0 Å². The van der Waals surface area contributed by atoms with E-state index in [1.165, 1.54) is 19.1 Å². The fourth-order valence-electron chi connectivity index (χ4n) is 4.45. The Bertz CT molecular complexity index is 1600. The van der Waals surface area contributed by atoms with E-state index in [0.29, 0.717) is 35.5 Å². The molecule has 0 unspecified atom stereocenters. The number of amides is 2. The molecular weight excluding hydrogens is 496 g/mol. The number of hydrogen-bond donors (Lipinski definition) is 3. The highest BCUT2D eigenvalue weighted by molar-refractivity contribution is 6.37. The summed E-state index contributed by atoms with van der Waals surface area (Å²) < 4.78 is 1.87. The molecule has 196 valence electrons. The molecule has 39 heavy (non-hydrogen) atoms. The first-order valence-electron chi connectivity index (χ1n) is 12.3. The van der Waals surface area contributed by atoms with Crippen molar-refractivity contribution in [3.05, 3.63) is 106 Å². The molecule has 3 N–H and O–H groups in total. The molecule has 0 bridgehead atoms. The summed E-state index contributed by atoms with van der Waals surface area (Å²) in [6.45, 7) is 1.99. The standard InChI is InChI=1S/C29H26N6O4/c1-18(36)30-14-13-19-3-5-21(6-4-19)28(27-24-15-23(35(38)39)11-12-25(24)33-29(27)37)32-22-9-7-20(8-10-22)26-16-34(2)17-31-26/h3-12,15-17,32H,13-14H2,1-2H3,(H,30,36)(H,33,37). The van der Waals surface area contributed by atoms with Gasteiger partial charge in [-0.2, -0.15) is 0 Å². The van der Waals surface area contributed by atoms with E-state index < -0.39 is 4.92 Å². The Kier molecular flexibility index (Phi) is 6.92. The lowest BCUT2D eigenvalue weighted by Crippen LogP contribution is -2.22. The zero-order valence-corrected chi connectivity index (χ0v) is 21.4. The summed E-state index contributed by atoms with van der Waals surface area (Å²) >= 11 is 0. The summed E-state index contributed by atoms with van der Waals surface area (Å²) in [5.74, 6) is -0.440. The fraction of sp³-hybridized carbons (Fsp3) is 0.138. The molecule has 1 aromatic heterocycles. The van der Waals surface area contributed by atoms with E-state index in [9.17, 15) is 19.7 Å². The van der Waals surface area contributed by atoms with Crippen LogP contribution in [-0.2, 0) is 23.1 Å². The lowest BCUT2D eigenvalue weighted by molar-refractivity contribution is -0.384. The molecule has 0 saturated heterocycles. The Morgan fingerprint density at radius 2 is 1.82 bits per heavy atom. The number of nitro benzene ring substituents is 1. The number of fused-ring (bicyclic) bond motifs is 1. The van der Waals surface area contributed by atoms with Gasteiger partial charge in [-0.3, -0.25) is 19.7 Å². The highest BCUT2D eigenvalue weighted by Gasteiger charge is 2.30. The number of benzene rings is 3. The number of nitrogens with zero attached hydrogens (tertiary/aromatic N) is 3. The van der Waals surface area contributed by atoms with Crippen molar-refractivity contribution in [3.63, 3.8) is 0 Å². The summed E-state index contributed by atoms with van der Waals surface area (Å²) in [5, 5.41) is 20.5. The lowest BCUT2D eigenvalue weighted by atomic mass is 9.98. The average Bonchev–Trinajstić information content (AvgIpc) is 3.49. The second-order valence-electron chi connectivity index (χ2n) is 9.25. The first kappa shape index (κ1) is 25.4. The minimum Gasteiger partial charge on any atom is -0.356 e. The van der Waals surface area contributed by atoms with Crippen LogP contribution in [0.3, 0.4) is 0 Å². The molecule has 0 radical (unpaired) electrons. The number of anilines is 2. The van der Waals surface area contributed by atoms with Crippen LogP contribution >= 0.6 is 0 Å². The number of non-ortho nitro benzene ring substituents is 1. The van der Waals surface area contributed by atoms with Crippen LogP contribution in [0.25, 0.3) is 22.5 Å². The molecule has 5 rings (SSSR count). The van der Waals surface area contributed by atoms with E-state index in [1.54, 1.807) is 12.4 Å². The van der Waals surface area contributed by atoms with Crippen LogP contribution in [0.1, 0.15) is 23.6 Å². The number of carbonyl (C=O) groups excluding carboxylic acids is 2. The van der Waals surface area contributed by atoms with Crippen LogP contribution in [-0.4, -0.2) is 32.8 Å². The van der Waals surface area contributed by atoms with E-state index in [-0.39, 0.29) is 17.5 Å². The first-order valence-corrected chi connectivity index (χ1v) is 12.3. The van der Waals surface area contributed by atoms with E-state index in [1.807, 2.05) is 66.3 Å². The van der Waals surface area contributed by atoms with Gasteiger partial charge in [0.05, 0.1) is 28.2 Å². The van der Waals surface area contributed by atoms with Gasteiger partial charge in [-0.25, -0.2) is 4.98 Å². The van der Waals surface area contributed by atoms with Gasteiger partial charge in [0.1, 0.15) is 0 Å². The van der Waals surface area contributed by atoms with Gasteiger partial charge in [-0.1, -0.05) is 36.4 Å². The number of imidazole rings is 1. The third-order valence-electron chi connectivity index (χ3n) is 6.39. The normalized spacial score (nSPS) is 13.4. The zero-order chi connectivity index (χ0) is 27.5. The van der Waals surface area contributed by atoms with E-state index in [4.69, 9.17) is 0 Å². The molecule has 0 atom stereocenters. The van der Waals surface area contributed by atoms with Gasteiger partial charge in [-0.15, -0.1) is 0 Å². The molecule has 1 aliphatic rings. The number of hydrogen-bond acceptors (Lipinski definition) is 6. The summed E-state index contributed by atoms with van der Waals surface area (Å²) in [4.78, 5) is 39.8. The van der Waals surface area contributed by atoms with Crippen LogP contribution in [0.15, 0.2) is 79.3 Å². The number of nitro groups is 1. The van der Waals surface area contributed by atoms with Crippen molar-refractivity contribution in [2.24, 2.45) is 7.05 Å². The predicted octanol–water partition coefficient (Wildman–Crippen LogP) is 4.61. The lowest BCUT2D eigenvalue weighted by Gasteiger charge is -2.16. The molecule has 0 saturated carbocycles. The van der Waals surface area contributed by atoms with Gasteiger partial charge < -0.3 is 20.5 Å². The maximum absolute atomic E-state index is 13.2. The van der Waals surface area contributed by atoms with Crippen molar-refractivity contribution in [1.82, 2.24) is 14.9 Å². The monoisotopic (exact) mass is 522 g/mol. The maximum atomic E-state index is 13.2. The molecule has 4 aromatic rings. The number of nitrogens with one attached hydrogen (secondary N) is 3. The molecular formula is C29H26N6O4. The highest BCUT2D eigenvalue weighted by atomic mass is 16.6. The van der Waals surface area contributed by atoms with Gasteiger partial charge in [0.25, 0.3) is 11.6 Å². The summed E-state index contributed by atoms with van der Waals surface area (Å²) in [7, 11) is 1.91. The number of aromatic nitrogens is 2. The minimum absolute atomic E-state index is 0.0862. The topological polar surface area (TPSA) is 131 Å². The van der Waals surface area contributed by atoms with Crippen LogP contribution in [0.2, 0.25) is 0 Å². The molecule has 10 heteroatoms. The molecule has 2 heterocycles. The Balaban J connectivity index is 1.54. The highest BCUT2D eigenvalue weighted by Crippen LogP contribution is 2.39. The van der Waals surface area contributed by atoms with Crippen molar-refractivity contribution in [3.8, 4) is 11.3 Å². The predicted molar refractivity (Wildman–Crippen MR) is 150 cm³/mol. The third-order valence-corrected chi connectivity index (χ3v) is 6.39. The van der Waals surface area contributed by atoms with Crippen molar-refractivity contribution in [2.75, 3.05) is 17.2 Å². The number of aryl methyl sites for hydroxylation is 1. The van der Waals surface area contributed by atoms with Gasteiger partial charge in [0, 0.05) is 61.3 Å².